The van der Waals surface area contributed by atoms with Crippen molar-refractivity contribution in [3.8, 4) is 0 Å². The smallest absolute Gasteiger partial charge is 0.262 e. The van der Waals surface area contributed by atoms with Crippen LogP contribution in [0.3, 0.4) is 0 Å². The summed E-state index contributed by atoms with van der Waals surface area (Å²) in [5.74, 6) is 2.26. The second kappa shape index (κ2) is 7.82. The normalized spacial score (nSPS) is 11.5. The van der Waals surface area contributed by atoms with Gasteiger partial charge in [-0.05, 0) is 24.5 Å². The molecule has 0 atom stereocenters. The van der Waals surface area contributed by atoms with E-state index in [1.807, 2.05) is 31.2 Å². The van der Waals surface area contributed by atoms with Gasteiger partial charge in [0.15, 0.2) is 11.0 Å². The molecule has 0 saturated heterocycles. The molecule has 0 bridgehead atoms. The summed E-state index contributed by atoms with van der Waals surface area (Å²) in [6, 6.07) is 7.47. The molecule has 0 saturated carbocycles. The Morgan fingerprint density at radius 2 is 2.04 bits per heavy atom. The van der Waals surface area contributed by atoms with E-state index in [2.05, 4.69) is 24.0 Å². The van der Waals surface area contributed by atoms with Crippen LogP contribution >= 0.6 is 11.8 Å². The van der Waals surface area contributed by atoms with Crippen molar-refractivity contribution in [2.45, 2.75) is 51.1 Å². The van der Waals surface area contributed by atoms with Crippen LogP contribution in [0.25, 0.3) is 10.9 Å². The van der Waals surface area contributed by atoms with Gasteiger partial charge in [-0.25, -0.2) is 4.98 Å². The summed E-state index contributed by atoms with van der Waals surface area (Å²) in [5.41, 5.74) is 0.726. The first-order valence-corrected chi connectivity index (χ1v) is 9.51. The Morgan fingerprint density at radius 1 is 1.24 bits per heavy atom. The third-order valence-corrected chi connectivity index (χ3v) is 4.87. The predicted molar refractivity (Wildman–Crippen MR) is 98.7 cm³/mol. The number of hydrogen-bond acceptors (Lipinski definition) is 6. The molecule has 0 unspecified atom stereocenters. The van der Waals surface area contributed by atoms with Crippen molar-refractivity contribution in [2.24, 2.45) is 5.92 Å². The summed E-state index contributed by atoms with van der Waals surface area (Å²) in [4.78, 5) is 21.9. The summed E-state index contributed by atoms with van der Waals surface area (Å²) in [6.07, 6.45) is 1.66. The molecule has 7 heteroatoms. The highest BCUT2D eigenvalue weighted by atomic mass is 32.2. The first-order valence-electron chi connectivity index (χ1n) is 8.52. The van der Waals surface area contributed by atoms with Crippen molar-refractivity contribution >= 4 is 22.7 Å². The van der Waals surface area contributed by atoms with E-state index in [0.29, 0.717) is 40.5 Å². The van der Waals surface area contributed by atoms with Gasteiger partial charge in [0.05, 0.1) is 16.7 Å². The molecule has 0 spiro atoms. The first-order chi connectivity index (χ1) is 12.1. The minimum absolute atomic E-state index is 0.00789. The van der Waals surface area contributed by atoms with E-state index in [-0.39, 0.29) is 5.56 Å². The lowest BCUT2D eigenvalue weighted by Crippen LogP contribution is -2.24. The van der Waals surface area contributed by atoms with Crippen molar-refractivity contribution in [3.05, 3.63) is 46.3 Å². The molecule has 132 valence electrons. The summed E-state index contributed by atoms with van der Waals surface area (Å²) >= 11 is 1.46. The summed E-state index contributed by atoms with van der Waals surface area (Å²) in [6.45, 7) is 6.94. The Labute approximate surface area is 150 Å². The van der Waals surface area contributed by atoms with Gasteiger partial charge in [0.2, 0.25) is 5.89 Å². The van der Waals surface area contributed by atoms with Crippen molar-refractivity contribution in [1.29, 1.82) is 0 Å². The number of para-hydroxylation sites is 1. The second-order valence-electron chi connectivity index (χ2n) is 6.30. The van der Waals surface area contributed by atoms with Gasteiger partial charge in [-0.3, -0.25) is 9.36 Å². The zero-order valence-corrected chi connectivity index (χ0v) is 15.5. The van der Waals surface area contributed by atoms with Gasteiger partial charge in [0.1, 0.15) is 0 Å². The molecule has 2 heterocycles. The summed E-state index contributed by atoms with van der Waals surface area (Å²) < 4.78 is 7.00. The van der Waals surface area contributed by atoms with Crippen LogP contribution in [-0.2, 0) is 18.7 Å². The van der Waals surface area contributed by atoms with Gasteiger partial charge in [-0.15, -0.1) is 0 Å². The van der Waals surface area contributed by atoms with E-state index in [4.69, 9.17) is 9.51 Å². The number of nitrogens with zero attached hydrogens (tertiary/aromatic N) is 4. The monoisotopic (exact) mass is 358 g/mol. The van der Waals surface area contributed by atoms with Crippen LogP contribution in [-0.4, -0.2) is 19.7 Å². The van der Waals surface area contributed by atoms with Crippen molar-refractivity contribution in [3.63, 3.8) is 0 Å². The van der Waals surface area contributed by atoms with Crippen LogP contribution in [0.4, 0.5) is 0 Å². The van der Waals surface area contributed by atoms with E-state index in [1.54, 1.807) is 4.57 Å². The fourth-order valence-corrected chi connectivity index (χ4v) is 3.32. The zero-order chi connectivity index (χ0) is 17.8. The van der Waals surface area contributed by atoms with Crippen LogP contribution in [0, 0.1) is 5.92 Å². The molecule has 0 N–H and O–H groups in total. The lowest BCUT2D eigenvalue weighted by Gasteiger charge is -2.13. The zero-order valence-electron chi connectivity index (χ0n) is 14.7. The molecule has 0 fully saturated rings. The molecule has 0 aliphatic carbocycles. The van der Waals surface area contributed by atoms with Crippen LogP contribution in [0.5, 0.6) is 0 Å². The van der Waals surface area contributed by atoms with E-state index in [0.717, 1.165) is 18.4 Å². The second-order valence-corrected chi connectivity index (χ2v) is 7.24. The van der Waals surface area contributed by atoms with E-state index in [9.17, 15) is 4.79 Å². The number of hydrogen-bond donors (Lipinski definition) is 0. The minimum atomic E-state index is 0.00789. The SMILES string of the molecule is CCc1noc(CSc2nc3ccccc3c(=O)n2CCC(C)C)n1. The van der Waals surface area contributed by atoms with Gasteiger partial charge in [-0.1, -0.05) is 49.8 Å². The van der Waals surface area contributed by atoms with Crippen LogP contribution in [0.1, 0.15) is 38.9 Å². The molecule has 25 heavy (non-hydrogen) atoms. The van der Waals surface area contributed by atoms with Gasteiger partial charge < -0.3 is 4.52 Å². The van der Waals surface area contributed by atoms with Crippen LogP contribution in [0.15, 0.2) is 38.7 Å². The molecule has 1 aromatic carbocycles. The Kier molecular flexibility index (Phi) is 5.53. The molecule has 0 radical (unpaired) electrons. The number of rotatable bonds is 7. The molecular formula is C18H22N4O2S. The molecule has 3 aromatic rings. The molecule has 0 amide bonds. The third kappa shape index (κ3) is 4.10. The largest absolute Gasteiger partial charge is 0.338 e. The van der Waals surface area contributed by atoms with Crippen molar-refractivity contribution in [2.75, 3.05) is 0 Å². The lowest BCUT2D eigenvalue weighted by molar-refractivity contribution is 0.385. The number of thioether (sulfide) groups is 1. The average molecular weight is 358 g/mol. The molecule has 0 aliphatic heterocycles. The highest BCUT2D eigenvalue weighted by Crippen LogP contribution is 2.22. The lowest BCUT2D eigenvalue weighted by atomic mass is 10.1. The molecule has 3 rings (SSSR count). The quantitative estimate of drug-likeness (QED) is 0.474. The van der Waals surface area contributed by atoms with Crippen molar-refractivity contribution in [1.82, 2.24) is 19.7 Å². The predicted octanol–water partition coefficient (Wildman–Crippen LogP) is 3.68. The first kappa shape index (κ1) is 17.7. The van der Waals surface area contributed by atoms with Gasteiger partial charge >= 0.3 is 0 Å². The number of fused-ring (bicyclic) bond motifs is 1. The number of aromatic nitrogens is 4. The van der Waals surface area contributed by atoms with E-state index >= 15 is 0 Å². The fraction of sp³-hybridized carbons (Fsp3) is 0.444. The maximum absolute atomic E-state index is 12.9. The van der Waals surface area contributed by atoms with Gasteiger partial charge in [0, 0.05) is 13.0 Å². The highest BCUT2D eigenvalue weighted by Gasteiger charge is 2.14. The van der Waals surface area contributed by atoms with E-state index in [1.165, 1.54) is 11.8 Å². The third-order valence-electron chi connectivity index (χ3n) is 3.91. The van der Waals surface area contributed by atoms with E-state index < -0.39 is 0 Å². The summed E-state index contributed by atoms with van der Waals surface area (Å²) in [7, 11) is 0. The topological polar surface area (TPSA) is 73.8 Å². The molecule has 2 aromatic heterocycles. The van der Waals surface area contributed by atoms with Crippen LogP contribution in [0.2, 0.25) is 0 Å². The molecule has 6 nitrogen and oxygen atoms in total. The minimum Gasteiger partial charge on any atom is -0.338 e. The Balaban J connectivity index is 1.93. The number of benzene rings is 1. The van der Waals surface area contributed by atoms with Crippen molar-refractivity contribution < 1.29 is 4.52 Å². The Hall–Kier alpha value is -2.15. The van der Waals surface area contributed by atoms with Crippen LogP contribution < -0.4 is 5.56 Å². The Bertz CT molecular complexity index is 917. The van der Waals surface area contributed by atoms with Gasteiger partial charge in [0.25, 0.3) is 5.56 Å². The highest BCUT2D eigenvalue weighted by molar-refractivity contribution is 7.98. The van der Waals surface area contributed by atoms with Gasteiger partial charge in [-0.2, -0.15) is 4.98 Å². The standard InChI is InChI=1S/C18H22N4O2S/c1-4-15-20-16(24-21-15)11-25-18-19-14-8-6-5-7-13(14)17(23)22(18)10-9-12(2)3/h5-8,12H,4,9-11H2,1-3H3. The maximum Gasteiger partial charge on any atom is 0.262 e. The number of aryl methyl sites for hydroxylation is 1. The fourth-order valence-electron chi connectivity index (χ4n) is 2.46. The molecular weight excluding hydrogens is 336 g/mol. The Morgan fingerprint density at radius 3 is 2.76 bits per heavy atom. The summed E-state index contributed by atoms with van der Waals surface area (Å²) in [5, 5.41) is 5.26. The maximum atomic E-state index is 12.9. The molecule has 0 aliphatic rings. The average Bonchev–Trinajstić information content (AvgIpc) is 3.07.